The van der Waals surface area contributed by atoms with Crippen molar-refractivity contribution in [3.8, 4) is 39.9 Å². The second-order valence-electron chi connectivity index (χ2n) is 12.4. The van der Waals surface area contributed by atoms with Crippen LogP contribution in [0, 0.1) is 0 Å². The number of fused-ring (bicyclic) bond motifs is 9. The average Bonchev–Trinajstić information content (AvgIpc) is 3.91. The molecule has 11 rings (SSSR count). The van der Waals surface area contributed by atoms with Gasteiger partial charge in [-0.15, -0.1) is 22.7 Å². The highest BCUT2D eigenvalue weighted by Gasteiger charge is 2.18. The Labute approximate surface area is 307 Å². The maximum atomic E-state index is 8.80. The van der Waals surface area contributed by atoms with E-state index in [0.717, 1.165) is 68.2 Å². The van der Waals surface area contributed by atoms with Gasteiger partial charge < -0.3 is 4.57 Å². The molecule has 0 atom stereocenters. The van der Waals surface area contributed by atoms with Crippen LogP contribution >= 0.6 is 22.7 Å². The molecule has 0 bridgehead atoms. The third-order valence-corrected chi connectivity index (χ3v) is 11.8. The molecule has 238 valence electrons. The van der Waals surface area contributed by atoms with Crippen LogP contribution in [0.25, 0.3) is 102 Å². The molecule has 0 aliphatic heterocycles. The van der Waals surface area contributed by atoms with Gasteiger partial charge in [-0.3, -0.25) is 0 Å². The van der Waals surface area contributed by atoms with E-state index in [9.17, 15) is 0 Å². The molecular formula is C45H26N4S2. The maximum Gasteiger partial charge on any atom is 0.164 e. The van der Waals surface area contributed by atoms with E-state index in [1.807, 2.05) is 30.3 Å². The van der Waals surface area contributed by atoms with E-state index in [0.29, 0.717) is 11.6 Å². The van der Waals surface area contributed by atoms with Crippen molar-refractivity contribution in [3.63, 3.8) is 0 Å². The number of thiophene rings is 2. The van der Waals surface area contributed by atoms with Crippen molar-refractivity contribution in [2.24, 2.45) is 0 Å². The number of hydrogen-bond acceptors (Lipinski definition) is 5. The summed E-state index contributed by atoms with van der Waals surface area (Å²) in [5.74, 6) is 0.721. The van der Waals surface area contributed by atoms with Crippen molar-refractivity contribution < 1.29 is 6.85 Å². The van der Waals surface area contributed by atoms with E-state index in [4.69, 9.17) is 21.8 Å². The molecule has 11 aromatic rings. The molecule has 4 aromatic heterocycles. The summed E-state index contributed by atoms with van der Waals surface area (Å²) in [5, 5.41) is 6.65. The molecule has 6 heteroatoms. The van der Waals surface area contributed by atoms with Gasteiger partial charge in [-0.1, -0.05) is 103 Å². The number of aromatic nitrogens is 4. The van der Waals surface area contributed by atoms with Crippen LogP contribution in [-0.2, 0) is 0 Å². The Bertz CT molecular complexity index is 3380. The van der Waals surface area contributed by atoms with Crippen LogP contribution in [0.3, 0.4) is 0 Å². The fourth-order valence-corrected chi connectivity index (χ4v) is 9.56. The predicted molar refractivity (Wildman–Crippen MR) is 216 cm³/mol. The number of para-hydroxylation sites is 2. The van der Waals surface area contributed by atoms with Crippen molar-refractivity contribution in [2.45, 2.75) is 0 Å². The van der Waals surface area contributed by atoms with Crippen molar-refractivity contribution >= 4 is 84.8 Å². The summed E-state index contributed by atoms with van der Waals surface area (Å²) in [7, 11) is 0. The smallest absolute Gasteiger partial charge is 0.164 e. The second kappa shape index (κ2) is 11.2. The Morgan fingerprint density at radius 2 is 1.10 bits per heavy atom. The molecule has 0 saturated heterocycles. The van der Waals surface area contributed by atoms with E-state index < -0.39 is 18.1 Å². The minimum absolute atomic E-state index is 0.0182. The van der Waals surface area contributed by atoms with Gasteiger partial charge in [0.05, 0.1) is 17.9 Å². The SMILES string of the molecule is [2H]c1c([2H])c([2H])c(-c2nc(-c3ccc4sc5cc(-n6c7ccccc7c7ccccc76)ccc5c4c3)nc(-c3cccc4sc5ccccc5c34)n2)c([2H])c1[2H]. The first-order valence-corrected chi connectivity index (χ1v) is 18.2. The van der Waals surface area contributed by atoms with Gasteiger partial charge in [-0.05, 0) is 54.6 Å². The Hall–Kier alpha value is -6.21. The molecule has 4 nitrogen and oxygen atoms in total. The number of nitrogens with zero attached hydrogens (tertiary/aromatic N) is 4. The second-order valence-corrected chi connectivity index (χ2v) is 14.6. The first-order valence-electron chi connectivity index (χ1n) is 19.0. The zero-order chi connectivity index (χ0) is 37.8. The van der Waals surface area contributed by atoms with Crippen LogP contribution in [-0.4, -0.2) is 19.5 Å². The van der Waals surface area contributed by atoms with Gasteiger partial charge >= 0.3 is 0 Å². The Kier molecular flexibility index (Phi) is 5.25. The van der Waals surface area contributed by atoms with Gasteiger partial charge in [-0.2, -0.15) is 0 Å². The van der Waals surface area contributed by atoms with Gasteiger partial charge in [0.15, 0.2) is 17.5 Å². The van der Waals surface area contributed by atoms with Crippen LogP contribution in [0.2, 0.25) is 0 Å². The molecule has 0 radical (unpaired) electrons. The summed E-state index contributed by atoms with van der Waals surface area (Å²) in [6.45, 7) is 0. The van der Waals surface area contributed by atoms with Crippen molar-refractivity contribution in [1.82, 2.24) is 19.5 Å². The lowest BCUT2D eigenvalue weighted by atomic mass is 10.1. The number of hydrogen-bond donors (Lipinski definition) is 0. The standard InChI is InChI=1S/C45H26N4S2/c1-2-11-27(12-3-1)43-46-44(48-45(47-43)34-16-10-20-40-42(34)33-15-6-9-19-38(33)50-40)28-21-24-39-35(25-28)32-23-22-29(26-41(32)51-39)49-36-17-7-4-13-30(36)31-14-5-8-18-37(31)49/h1-26H/i1D,2D,3D,11D,12D. The highest BCUT2D eigenvalue weighted by Crippen LogP contribution is 2.41. The number of benzene rings is 7. The molecule has 0 aliphatic carbocycles. The van der Waals surface area contributed by atoms with E-state index in [2.05, 4.69) is 102 Å². The van der Waals surface area contributed by atoms with Gasteiger partial charge in [0.2, 0.25) is 0 Å². The largest absolute Gasteiger partial charge is 0.309 e. The van der Waals surface area contributed by atoms with Crippen LogP contribution in [0.4, 0.5) is 0 Å². The van der Waals surface area contributed by atoms with Gasteiger partial charge in [0.1, 0.15) is 0 Å². The van der Waals surface area contributed by atoms with Crippen molar-refractivity contribution in [3.05, 3.63) is 158 Å². The summed E-state index contributed by atoms with van der Waals surface area (Å²) in [6, 6.07) is 41.9. The topological polar surface area (TPSA) is 43.6 Å². The van der Waals surface area contributed by atoms with Gasteiger partial charge in [0, 0.05) is 73.5 Å². The first kappa shape index (κ1) is 24.0. The summed E-state index contributed by atoms with van der Waals surface area (Å²) < 4.78 is 49.4. The lowest BCUT2D eigenvalue weighted by molar-refractivity contribution is 1.08. The first-order chi connectivity index (χ1) is 27.3. The molecule has 51 heavy (non-hydrogen) atoms. The Morgan fingerprint density at radius 3 is 1.90 bits per heavy atom. The molecule has 0 amide bonds. The lowest BCUT2D eigenvalue weighted by Crippen LogP contribution is -2.00. The number of rotatable bonds is 4. The molecule has 0 spiro atoms. The Morgan fingerprint density at radius 1 is 0.451 bits per heavy atom. The zero-order valence-electron chi connectivity index (χ0n) is 31.7. The average molecular weight is 692 g/mol. The molecule has 0 saturated carbocycles. The lowest BCUT2D eigenvalue weighted by Gasteiger charge is -2.10. The Balaban J connectivity index is 1.12. The predicted octanol–water partition coefficient (Wildman–Crippen LogP) is 12.7. The third-order valence-electron chi connectivity index (χ3n) is 9.55. The van der Waals surface area contributed by atoms with Crippen LogP contribution in [0.15, 0.2) is 158 Å². The van der Waals surface area contributed by atoms with E-state index in [-0.39, 0.29) is 23.5 Å². The summed E-state index contributed by atoms with van der Waals surface area (Å²) in [5.41, 5.74) is 4.83. The van der Waals surface area contributed by atoms with E-state index in [1.54, 1.807) is 22.7 Å². The minimum atomic E-state index is -0.469. The maximum absolute atomic E-state index is 8.80. The highest BCUT2D eigenvalue weighted by molar-refractivity contribution is 7.26. The van der Waals surface area contributed by atoms with Crippen LogP contribution in [0.1, 0.15) is 6.85 Å². The monoisotopic (exact) mass is 691 g/mol. The molecule has 7 aromatic carbocycles. The summed E-state index contributed by atoms with van der Waals surface area (Å²) >= 11 is 3.41. The summed E-state index contributed by atoms with van der Waals surface area (Å²) in [6.07, 6.45) is 0. The zero-order valence-corrected chi connectivity index (χ0v) is 28.4. The molecule has 0 unspecified atom stereocenters. The molecule has 0 N–H and O–H groups in total. The molecule has 0 fully saturated rings. The molecule has 0 aliphatic rings. The van der Waals surface area contributed by atoms with E-state index >= 15 is 0 Å². The van der Waals surface area contributed by atoms with Crippen LogP contribution in [0.5, 0.6) is 0 Å². The highest BCUT2D eigenvalue weighted by atomic mass is 32.1. The molecule has 4 heterocycles. The molecular weight excluding hydrogens is 661 g/mol. The van der Waals surface area contributed by atoms with Crippen molar-refractivity contribution in [2.75, 3.05) is 0 Å². The normalized spacial score (nSPS) is 13.3. The fourth-order valence-electron chi connectivity index (χ4n) is 7.30. The van der Waals surface area contributed by atoms with Crippen molar-refractivity contribution in [1.29, 1.82) is 0 Å². The third kappa shape index (κ3) is 4.47. The van der Waals surface area contributed by atoms with Crippen LogP contribution < -0.4 is 0 Å². The van der Waals surface area contributed by atoms with Gasteiger partial charge in [-0.25, -0.2) is 15.0 Å². The van der Waals surface area contributed by atoms with Gasteiger partial charge in [0.25, 0.3) is 0 Å². The van der Waals surface area contributed by atoms with E-state index in [1.165, 1.54) is 10.8 Å². The fraction of sp³-hybridized carbons (Fsp3) is 0. The quantitative estimate of drug-likeness (QED) is 0.184. The summed E-state index contributed by atoms with van der Waals surface area (Å²) in [4.78, 5) is 14.8. The minimum Gasteiger partial charge on any atom is -0.309 e.